The van der Waals surface area contributed by atoms with E-state index in [-0.39, 0.29) is 31.5 Å². The van der Waals surface area contributed by atoms with Gasteiger partial charge in [0.25, 0.3) is 0 Å². The topological polar surface area (TPSA) is 48.5 Å². The van der Waals surface area contributed by atoms with E-state index < -0.39 is 23.3 Å². The average Bonchev–Trinajstić information content (AvgIpc) is 3.66. The number of nitrogens with zero attached hydrogens (tertiary/aromatic N) is 5. The molecule has 0 saturated heterocycles. The van der Waals surface area contributed by atoms with E-state index in [1.165, 1.54) is 21.8 Å². The maximum absolute atomic E-state index is 13.1. The normalized spacial score (nSPS) is 9.85. The monoisotopic (exact) mass is 705 g/mol. The van der Waals surface area contributed by atoms with Crippen molar-refractivity contribution in [3.05, 3.63) is 151 Å². The summed E-state index contributed by atoms with van der Waals surface area (Å²) in [6.07, 6.45) is 7.93. The zero-order chi connectivity index (χ0) is 26.7. The Kier molecular flexibility index (Phi) is 10.9. The van der Waals surface area contributed by atoms with Gasteiger partial charge in [0.05, 0.1) is 0 Å². The molecule has 0 aliphatic carbocycles. The summed E-state index contributed by atoms with van der Waals surface area (Å²) in [5, 5.41) is 7.60. The second-order valence-electron chi connectivity index (χ2n) is 7.42. The minimum absolute atomic E-state index is 0. The third-order valence-corrected chi connectivity index (χ3v) is 4.79. The first kappa shape index (κ1) is 29.2. The summed E-state index contributed by atoms with van der Waals surface area (Å²) in [7, 11) is 0. The van der Waals surface area contributed by atoms with E-state index >= 15 is 0 Å². The molecule has 3 aromatic heterocycles. The standard InChI is InChI=1S/C11H8N.2C9H5F2N2.Ir/c1-2-6-10(7-3-1)11-8-4-5-9-12-11;2*10-7-2-3-9(8(11)6-7)13-5-1-4-12-13;/h1-6,8-9H;2*1-2,4-6H;/q3*-1;+3. The molecule has 39 heavy (non-hydrogen) atoms. The van der Waals surface area contributed by atoms with Crippen molar-refractivity contribution in [2.45, 2.75) is 0 Å². The Labute approximate surface area is 235 Å². The molecule has 0 unspecified atom stereocenters. The summed E-state index contributed by atoms with van der Waals surface area (Å²) in [4.78, 5) is 4.22. The van der Waals surface area contributed by atoms with E-state index in [1.54, 1.807) is 30.7 Å². The van der Waals surface area contributed by atoms with E-state index in [1.807, 2.05) is 42.5 Å². The van der Waals surface area contributed by atoms with Gasteiger partial charge < -0.3 is 4.98 Å². The first-order chi connectivity index (χ1) is 18.5. The summed E-state index contributed by atoms with van der Waals surface area (Å²) in [5.74, 6) is -2.64. The smallest absolute Gasteiger partial charge is 0.305 e. The van der Waals surface area contributed by atoms with Crippen LogP contribution in [0.25, 0.3) is 22.6 Å². The second kappa shape index (κ2) is 14.5. The fraction of sp³-hybridized carbons (Fsp3) is 0. The van der Waals surface area contributed by atoms with E-state index in [0.717, 1.165) is 35.5 Å². The Morgan fingerprint density at radius 1 is 0.615 bits per heavy atom. The molecule has 0 aliphatic rings. The molecule has 196 valence electrons. The van der Waals surface area contributed by atoms with Crippen molar-refractivity contribution in [3.8, 4) is 22.6 Å². The largest absolute Gasteiger partial charge is 3.00 e. The van der Waals surface area contributed by atoms with Gasteiger partial charge in [-0.25, -0.2) is 0 Å². The first-order valence-corrected chi connectivity index (χ1v) is 11.1. The molecule has 0 amide bonds. The van der Waals surface area contributed by atoms with Gasteiger partial charge in [0, 0.05) is 54.3 Å². The van der Waals surface area contributed by atoms with Gasteiger partial charge >= 0.3 is 20.1 Å². The van der Waals surface area contributed by atoms with Crippen molar-refractivity contribution in [3.63, 3.8) is 0 Å². The van der Waals surface area contributed by atoms with Crippen LogP contribution in [0.2, 0.25) is 0 Å². The molecule has 0 bridgehead atoms. The molecule has 3 aromatic carbocycles. The van der Waals surface area contributed by atoms with E-state index in [9.17, 15) is 17.6 Å². The van der Waals surface area contributed by atoms with Gasteiger partial charge in [0.15, 0.2) is 0 Å². The zero-order valence-corrected chi connectivity index (χ0v) is 22.4. The number of halogens is 4. The van der Waals surface area contributed by atoms with Crippen molar-refractivity contribution in [1.29, 1.82) is 0 Å². The minimum Gasteiger partial charge on any atom is -0.305 e. The van der Waals surface area contributed by atoms with Crippen LogP contribution in [0.5, 0.6) is 0 Å². The molecule has 0 radical (unpaired) electrons. The van der Waals surface area contributed by atoms with Crippen molar-refractivity contribution < 1.29 is 37.7 Å². The van der Waals surface area contributed by atoms with Crippen molar-refractivity contribution in [2.24, 2.45) is 0 Å². The second-order valence-corrected chi connectivity index (χ2v) is 7.42. The van der Waals surface area contributed by atoms with Crippen LogP contribution in [0.15, 0.2) is 110 Å². The molecule has 0 N–H and O–H groups in total. The van der Waals surface area contributed by atoms with Crippen LogP contribution in [0.1, 0.15) is 0 Å². The van der Waals surface area contributed by atoms with Crippen molar-refractivity contribution in [2.75, 3.05) is 0 Å². The summed E-state index contributed by atoms with van der Waals surface area (Å²) >= 11 is 0. The summed E-state index contributed by atoms with van der Waals surface area (Å²) in [6, 6.07) is 28.8. The fourth-order valence-corrected chi connectivity index (χ4v) is 3.10. The summed E-state index contributed by atoms with van der Waals surface area (Å²) in [6.45, 7) is 0. The van der Waals surface area contributed by atoms with Gasteiger partial charge in [0.1, 0.15) is 0 Å². The molecule has 0 spiro atoms. The molecule has 0 aliphatic heterocycles. The Balaban J connectivity index is 0.000000160. The predicted octanol–water partition coefficient (Wildman–Crippen LogP) is 6.45. The fourth-order valence-electron chi connectivity index (χ4n) is 3.10. The first-order valence-electron chi connectivity index (χ1n) is 11.1. The third-order valence-electron chi connectivity index (χ3n) is 4.79. The van der Waals surface area contributed by atoms with Crippen LogP contribution >= 0.6 is 0 Å². The van der Waals surface area contributed by atoms with Gasteiger partial charge in [-0.1, -0.05) is 12.1 Å². The number of benzene rings is 3. The molecule has 10 heteroatoms. The Hall–Kier alpha value is -4.40. The summed E-state index contributed by atoms with van der Waals surface area (Å²) in [5.41, 5.74) is 2.24. The number of hydrogen-bond acceptors (Lipinski definition) is 3. The minimum atomic E-state index is -0.677. The van der Waals surface area contributed by atoms with Crippen LogP contribution in [0.3, 0.4) is 0 Å². The molecule has 0 fully saturated rings. The van der Waals surface area contributed by atoms with E-state index in [4.69, 9.17) is 0 Å². The molecule has 6 aromatic rings. The average molecular weight is 705 g/mol. The number of hydrogen-bond donors (Lipinski definition) is 0. The molecular formula is C29H18F4IrN5. The third kappa shape index (κ3) is 8.29. The van der Waals surface area contributed by atoms with Gasteiger partial charge in [-0.2, -0.15) is 22.3 Å². The Bertz CT molecular complexity index is 1430. The van der Waals surface area contributed by atoms with E-state index in [0.29, 0.717) is 0 Å². The van der Waals surface area contributed by atoms with Crippen molar-refractivity contribution >= 4 is 0 Å². The molecular weight excluding hydrogens is 687 g/mol. The van der Waals surface area contributed by atoms with Crippen LogP contribution < -0.4 is 0 Å². The maximum Gasteiger partial charge on any atom is 3.00 e. The van der Waals surface area contributed by atoms with E-state index in [2.05, 4.69) is 33.4 Å². The number of aromatic nitrogens is 5. The maximum atomic E-state index is 13.1. The zero-order valence-electron chi connectivity index (χ0n) is 20.0. The van der Waals surface area contributed by atoms with Crippen LogP contribution in [0, 0.1) is 41.5 Å². The van der Waals surface area contributed by atoms with Gasteiger partial charge in [-0.3, -0.25) is 26.9 Å². The van der Waals surface area contributed by atoms with Gasteiger partial charge in [-0.15, -0.1) is 60.2 Å². The number of pyridine rings is 1. The molecule has 5 nitrogen and oxygen atoms in total. The van der Waals surface area contributed by atoms with Gasteiger partial charge in [-0.05, 0) is 35.3 Å². The Morgan fingerprint density at radius 2 is 1.18 bits per heavy atom. The SMILES string of the molecule is Fc1c[c-]c(-n2cccn2)c(F)c1.Fc1c[c-]c(-n2cccn2)c(F)c1.[Ir+3].[c-]1ccccc1-c1ccccn1. The van der Waals surface area contributed by atoms with Gasteiger partial charge in [0.2, 0.25) is 0 Å². The number of rotatable bonds is 3. The molecule has 0 atom stereocenters. The summed E-state index contributed by atoms with van der Waals surface area (Å²) < 4.78 is 53.7. The molecule has 6 rings (SSSR count). The van der Waals surface area contributed by atoms with Crippen LogP contribution in [-0.4, -0.2) is 24.5 Å². The van der Waals surface area contributed by atoms with Crippen molar-refractivity contribution in [1.82, 2.24) is 24.5 Å². The van der Waals surface area contributed by atoms with Crippen LogP contribution in [-0.2, 0) is 20.1 Å². The molecule has 3 heterocycles. The van der Waals surface area contributed by atoms with Crippen LogP contribution in [0.4, 0.5) is 17.6 Å². The molecule has 0 saturated carbocycles. The Morgan fingerprint density at radius 3 is 1.59 bits per heavy atom. The quantitative estimate of drug-likeness (QED) is 0.157. The predicted molar refractivity (Wildman–Crippen MR) is 133 cm³/mol.